The Morgan fingerprint density at radius 1 is 1.03 bits per heavy atom. The van der Waals surface area contributed by atoms with Crippen molar-refractivity contribution in [2.75, 3.05) is 16.8 Å². The van der Waals surface area contributed by atoms with Crippen molar-refractivity contribution in [2.45, 2.75) is 6.42 Å². The largest absolute Gasteiger partial charge is 0.437 e. The molecule has 7 heteroatoms. The van der Waals surface area contributed by atoms with Gasteiger partial charge >= 0.3 is 0 Å². The Morgan fingerprint density at radius 3 is 2.75 bits per heavy atom. The molecule has 1 N–H and O–H groups in total. The van der Waals surface area contributed by atoms with Crippen LogP contribution in [-0.2, 0) is 9.59 Å². The first-order chi connectivity index (χ1) is 15.7. The molecule has 158 valence electrons. The van der Waals surface area contributed by atoms with E-state index in [1.807, 2.05) is 42.5 Å². The number of hydrogen-bond donors (Lipinski definition) is 1. The SMILES string of the molecule is O=C(Nc1cccc(Oc2cnccn2)c1)C1CC(=O)N(c2cccc3ccccc23)C1. The highest BCUT2D eigenvalue weighted by Gasteiger charge is 2.35. The molecule has 3 aromatic carbocycles. The Kier molecular flexibility index (Phi) is 5.21. The maximum Gasteiger partial charge on any atom is 0.237 e. The molecule has 5 rings (SSSR count). The summed E-state index contributed by atoms with van der Waals surface area (Å²) in [7, 11) is 0. The van der Waals surface area contributed by atoms with Crippen LogP contribution in [0.3, 0.4) is 0 Å². The second kappa shape index (κ2) is 8.47. The van der Waals surface area contributed by atoms with Crippen molar-refractivity contribution < 1.29 is 14.3 Å². The lowest BCUT2D eigenvalue weighted by Crippen LogP contribution is -2.28. The number of amides is 2. The summed E-state index contributed by atoms with van der Waals surface area (Å²) in [5.41, 5.74) is 1.43. The fourth-order valence-electron chi connectivity index (χ4n) is 3.90. The van der Waals surface area contributed by atoms with Crippen molar-refractivity contribution >= 4 is 34.0 Å². The number of nitrogens with one attached hydrogen (secondary N) is 1. The quantitative estimate of drug-likeness (QED) is 0.513. The average molecular weight is 424 g/mol. The van der Waals surface area contributed by atoms with Gasteiger partial charge in [0.1, 0.15) is 5.75 Å². The molecule has 1 aromatic heterocycles. The van der Waals surface area contributed by atoms with Crippen molar-refractivity contribution in [1.82, 2.24) is 9.97 Å². The van der Waals surface area contributed by atoms with Crippen molar-refractivity contribution in [1.29, 1.82) is 0 Å². The second-order valence-corrected chi connectivity index (χ2v) is 7.57. The monoisotopic (exact) mass is 424 g/mol. The van der Waals surface area contributed by atoms with Crippen LogP contribution >= 0.6 is 0 Å². The predicted molar refractivity (Wildman–Crippen MR) is 122 cm³/mol. The number of rotatable bonds is 5. The predicted octanol–water partition coefficient (Wildman–Crippen LogP) is 4.41. The van der Waals surface area contributed by atoms with E-state index in [2.05, 4.69) is 15.3 Å². The molecule has 1 saturated heterocycles. The number of benzene rings is 3. The molecule has 2 heterocycles. The van der Waals surface area contributed by atoms with Crippen molar-refractivity contribution in [3.05, 3.63) is 85.3 Å². The van der Waals surface area contributed by atoms with E-state index >= 15 is 0 Å². The molecule has 7 nitrogen and oxygen atoms in total. The van der Waals surface area contributed by atoms with Crippen LogP contribution in [-0.4, -0.2) is 28.3 Å². The van der Waals surface area contributed by atoms with E-state index in [0.717, 1.165) is 16.5 Å². The van der Waals surface area contributed by atoms with Gasteiger partial charge in [0.25, 0.3) is 0 Å². The molecule has 1 fully saturated rings. The smallest absolute Gasteiger partial charge is 0.237 e. The van der Waals surface area contributed by atoms with Gasteiger partial charge in [0.15, 0.2) is 0 Å². The van der Waals surface area contributed by atoms with Gasteiger partial charge in [0.2, 0.25) is 17.7 Å². The number of aromatic nitrogens is 2. The molecule has 32 heavy (non-hydrogen) atoms. The molecule has 4 aromatic rings. The van der Waals surface area contributed by atoms with Crippen LogP contribution in [0.25, 0.3) is 10.8 Å². The van der Waals surface area contributed by atoms with E-state index in [4.69, 9.17) is 4.74 Å². The lowest BCUT2D eigenvalue weighted by molar-refractivity contribution is -0.122. The fourth-order valence-corrected chi connectivity index (χ4v) is 3.90. The van der Waals surface area contributed by atoms with Gasteiger partial charge in [-0.1, -0.05) is 42.5 Å². The molecule has 1 atom stereocenters. The zero-order valence-corrected chi connectivity index (χ0v) is 17.1. The Hall–Kier alpha value is -4.26. The highest BCUT2D eigenvalue weighted by atomic mass is 16.5. The summed E-state index contributed by atoms with van der Waals surface area (Å²) in [6.07, 6.45) is 4.79. The van der Waals surface area contributed by atoms with Crippen LogP contribution in [0.15, 0.2) is 85.3 Å². The van der Waals surface area contributed by atoms with E-state index in [-0.39, 0.29) is 18.2 Å². The number of carbonyl (C=O) groups excluding carboxylic acids is 2. The second-order valence-electron chi connectivity index (χ2n) is 7.57. The van der Waals surface area contributed by atoms with Crippen LogP contribution in [0.4, 0.5) is 11.4 Å². The van der Waals surface area contributed by atoms with Gasteiger partial charge in [0.05, 0.1) is 17.8 Å². The van der Waals surface area contributed by atoms with E-state index < -0.39 is 5.92 Å². The molecule has 0 radical (unpaired) electrons. The first-order valence-corrected chi connectivity index (χ1v) is 10.3. The Bertz CT molecular complexity index is 1290. The molecule has 2 amide bonds. The lowest BCUT2D eigenvalue weighted by atomic mass is 10.1. The topological polar surface area (TPSA) is 84.4 Å². The lowest BCUT2D eigenvalue weighted by Gasteiger charge is -2.19. The third-order valence-electron chi connectivity index (χ3n) is 5.42. The van der Waals surface area contributed by atoms with Crippen LogP contribution < -0.4 is 15.0 Å². The number of carbonyl (C=O) groups is 2. The number of ether oxygens (including phenoxy) is 1. The summed E-state index contributed by atoms with van der Waals surface area (Å²) in [5, 5.41) is 4.97. The third kappa shape index (κ3) is 4.00. The van der Waals surface area contributed by atoms with Crippen molar-refractivity contribution in [3.63, 3.8) is 0 Å². The van der Waals surface area contributed by atoms with Crippen molar-refractivity contribution in [2.24, 2.45) is 5.92 Å². The Morgan fingerprint density at radius 2 is 1.88 bits per heavy atom. The summed E-state index contributed by atoms with van der Waals surface area (Å²) in [6, 6.07) is 20.8. The van der Waals surface area contributed by atoms with Gasteiger partial charge in [-0.05, 0) is 23.6 Å². The van der Waals surface area contributed by atoms with Crippen LogP contribution in [0.5, 0.6) is 11.6 Å². The third-order valence-corrected chi connectivity index (χ3v) is 5.42. The molecule has 0 aliphatic carbocycles. The number of fused-ring (bicyclic) bond motifs is 1. The van der Waals surface area contributed by atoms with Crippen LogP contribution in [0.2, 0.25) is 0 Å². The molecule has 1 aliphatic rings. The summed E-state index contributed by atoms with van der Waals surface area (Å²) in [5.74, 6) is 0.205. The maximum atomic E-state index is 12.9. The van der Waals surface area contributed by atoms with Gasteiger partial charge in [-0.25, -0.2) is 4.98 Å². The van der Waals surface area contributed by atoms with Crippen LogP contribution in [0.1, 0.15) is 6.42 Å². The van der Waals surface area contributed by atoms with Crippen molar-refractivity contribution in [3.8, 4) is 11.6 Å². The van der Waals surface area contributed by atoms with Gasteiger partial charge in [-0.15, -0.1) is 0 Å². The number of hydrogen-bond acceptors (Lipinski definition) is 5. The summed E-state index contributed by atoms with van der Waals surface area (Å²) >= 11 is 0. The maximum absolute atomic E-state index is 12.9. The van der Waals surface area contributed by atoms with Gasteiger partial charge < -0.3 is 15.0 Å². The highest BCUT2D eigenvalue weighted by Crippen LogP contribution is 2.32. The average Bonchev–Trinajstić information content (AvgIpc) is 3.21. The fraction of sp³-hybridized carbons (Fsp3) is 0.120. The molecule has 0 spiro atoms. The van der Waals surface area contributed by atoms with Crippen LogP contribution in [0, 0.1) is 5.92 Å². The molecule has 0 saturated carbocycles. The zero-order chi connectivity index (χ0) is 21.9. The molecular weight excluding hydrogens is 404 g/mol. The number of anilines is 2. The Balaban J connectivity index is 1.30. The van der Waals surface area contributed by atoms with E-state index in [1.165, 1.54) is 6.20 Å². The first-order valence-electron chi connectivity index (χ1n) is 10.3. The summed E-state index contributed by atoms with van der Waals surface area (Å²) < 4.78 is 5.67. The number of nitrogens with zero attached hydrogens (tertiary/aromatic N) is 3. The molecule has 1 unspecified atom stereocenters. The molecule has 0 bridgehead atoms. The minimum atomic E-state index is -0.439. The van der Waals surface area contributed by atoms with E-state index in [0.29, 0.717) is 23.9 Å². The minimum Gasteiger partial charge on any atom is -0.437 e. The standard InChI is InChI=1S/C25H20N4O3/c30-24-13-18(16-29(24)22-10-3-6-17-5-1-2-9-21(17)22)25(31)28-19-7-4-8-20(14-19)32-23-15-26-11-12-27-23/h1-12,14-15,18H,13,16H2,(H,28,31). The summed E-state index contributed by atoms with van der Waals surface area (Å²) in [4.78, 5) is 35.4. The zero-order valence-electron chi connectivity index (χ0n) is 17.1. The molecule has 1 aliphatic heterocycles. The highest BCUT2D eigenvalue weighted by molar-refractivity contribution is 6.08. The first kappa shape index (κ1) is 19.7. The van der Waals surface area contributed by atoms with Gasteiger partial charge in [-0.2, -0.15) is 0 Å². The normalized spacial score (nSPS) is 15.7. The van der Waals surface area contributed by atoms with E-state index in [1.54, 1.807) is 41.6 Å². The molecular formula is C25H20N4O3. The summed E-state index contributed by atoms with van der Waals surface area (Å²) in [6.45, 7) is 0.342. The Labute approximate surface area is 184 Å². The van der Waals surface area contributed by atoms with E-state index in [9.17, 15) is 9.59 Å². The van der Waals surface area contributed by atoms with Gasteiger partial charge in [-0.3, -0.25) is 14.6 Å². The minimum absolute atomic E-state index is 0.0544. The van der Waals surface area contributed by atoms with Gasteiger partial charge in [0, 0.05) is 42.5 Å².